The maximum Gasteiger partial charge on any atom is 0.434 e. The summed E-state index contributed by atoms with van der Waals surface area (Å²) in [5.74, 6) is 0. The SMILES string of the molecule is CC(C)(C)OC(=O)NN(C(=O)OC(C)(C)C)c1cccc(C(F)(F)F)c1. The minimum Gasteiger partial charge on any atom is -0.443 e. The number of benzene rings is 1. The highest BCUT2D eigenvalue weighted by molar-refractivity contribution is 5.90. The number of carbonyl (C=O) groups is 2. The standard InChI is InChI=1S/C17H23F3N2O4/c1-15(2,3)25-13(23)21-22(14(24)26-16(4,5)6)12-9-7-8-11(10-12)17(18,19)20/h7-10H,1-6H3,(H,21,23). The molecular formula is C17H23F3N2O4. The molecule has 9 heteroatoms. The van der Waals surface area contributed by atoms with Crippen LogP contribution < -0.4 is 10.4 Å². The summed E-state index contributed by atoms with van der Waals surface area (Å²) >= 11 is 0. The number of hydrazine groups is 1. The van der Waals surface area contributed by atoms with Crippen molar-refractivity contribution in [1.29, 1.82) is 0 Å². The van der Waals surface area contributed by atoms with Crippen molar-refractivity contribution in [2.45, 2.75) is 58.9 Å². The van der Waals surface area contributed by atoms with Crippen LogP contribution in [0, 0.1) is 0 Å². The number of carbonyl (C=O) groups excluding carboxylic acids is 2. The van der Waals surface area contributed by atoms with Gasteiger partial charge in [0.2, 0.25) is 0 Å². The molecule has 1 N–H and O–H groups in total. The topological polar surface area (TPSA) is 67.9 Å². The second-order valence-corrected chi connectivity index (χ2v) is 7.48. The van der Waals surface area contributed by atoms with Gasteiger partial charge in [-0.2, -0.15) is 18.2 Å². The molecule has 0 saturated heterocycles. The van der Waals surface area contributed by atoms with E-state index in [1.165, 1.54) is 6.07 Å². The van der Waals surface area contributed by atoms with Crippen molar-refractivity contribution in [1.82, 2.24) is 5.43 Å². The van der Waals surface area contributed by atoms with E-state index in [0.29, 0.717) is 5.01 Å². The van der Waals surface area contributed by atoms with E-state index in [2.05, 4.69) is 5.43 Å². The first-order valence-corrected chi connectivity index (χ1v) is 7.78. The molecule has 0 fully saturated rings. The van der Waals surface area contributed by atoms with Gasteiger partial charge in [0.1, 0.15) is 11.2 Å². The molecule has 1 aromatic carbocycles. The van der Waals surface area contributed by atoms with E-state index in [9.17, 15) is 22.8 Å². The number of rotatable bonds is 1. The molecule has 0 unspecified atom stereocenters. The van der Waals surface area contributed by atoms with Crippen LogP contribution in [0.5, 0.6) is 0 Å². The Balaban J connectivity index is 3.20. The molecule has 146 valence electrons. The number of halogens is 3. The molecule has 26 heavy (non-hydrogen) atoms. The average molecular weight is 376 g/mol. The van der Waals surface area contributed by atoms with Crippen LogP contribution >= 0.6 is 0 Å². The van der Waals surface area contributed by atoms with Gasteiger partial charge in [-0.3, -0.25) is 0 Å². The summed E-state index contributed by atoms with van der Waals surface area (Å²) in [6, 6.07) is 3.92. The van der Waals surface area contributed by atoms with E-state index in [-0.39, 0.29) is 5.69 Å². The van der Waals surface area contributed by atoms with Crippen molar-refractivity contribution in [3.63, 3.8) is 0 Å². The van der Waals surface area contributed by atoms with Gasteiger partial charge in [0, 0.05) is 0 Å². The summed E-state index contributed by atoms with van der Waals surface area (Å²) < 4.78 is 49.0. The molecule has 0 aliphatic rings. The highest BCUT2D eigenvalue weighted by atomic mass is 19.4. The van der Waals surface area contributed by atoms with Gasteiger partial charge >= 0.3 is 18.4 Å². The van der Waals surface area contributed by atoms with Gasteiger partial charge in [-0.25, -0.2) is 15.0 Å². The molecule has 0 radical (unpaired) electrons. The largest absolute Gasteiger partial charge is 0.443 e. The van der Waals surface area contributed by atoms with E-state index in [1.807, 2.05) is 0 Å². The van der Waals surface area contributed by atoms with E-state index in [0.717, 1.165) is 18.2 Å². The summed E-state index contributed by atoms with van der Waals surface area (Å²) in [7, 11) is 0. The Morgan fingerprint density at radius 3 is 1.96 bits per heavy atom. The Hall–Kier alpha value is -2.45. The fourth-order valence-electron chi connectivity index (χ4n) is 1.74. The zero-order valence-corrected chi connectivity index (χ0v) is 15.5. The average Bonchev–Trinajstić information content (AvgIpc) is 2.40. The van der Waals surface area contributed by atoms with E-state index in [4.69, 9.17) is 9.47 Å². The molecule has 0 aliphatic carbocycles. The van der Waals surface area contributed by atoms with Crippen molar-refractivity contribution < 1.29 is 32.2 Å². The van der Waals surface area contributed by atoms with Crippen molar-refractivity contribution in [2.75, 3.05) is 5.01 Å². The summed E-state index contributed by atoms with van der Waals surface area (Å²) in [6.07, 6.45) is -6.68. The smallest absolute Gasteiger partial charge is 0.434 e. The van der Waals surface area contributed by atoms with Gasteiger partial charge in [-0.1, -0.05) is 6.07 Å². The second kappa shape index (κ2) is 7.43. The number of ether oxygens (including phenoxy) is 2. The Morgan fingerprint density at radius 1 is 0.962 bits per heavy atom. The van der Waals surface area contributed by atoms with Crippen molar-refractivity contribution in [3.05, 3.63) is 29.8 Å². The monoisotopic (exact) mass is 376 g/mol. The van der Waals surface area contributed by atoms with Crippen molar-refractivity contribution in [3.8, 4) is 0 Å². The maximum absolute atomic E-state index is 12.9. The van der Waals surface area contributed by atoms with E-state index >= 15 is 0 Å². The fourth-order valence-corrected chi connectivity index (χ4v) is 1.74. The first-order chi connectivity index (χ1) is 11.6. The van der Waals surface area contributed by atoms with Crippen LogP contribution in [0.4, 0.5) is 28.4 Å². The lowest BCUT2D eigenvalue weighted by molar-refractivity contribution is -0.137. The molecule has 0 heterocycles. The quantitative estimate of drug-likeness (QED) is 0.709. The number of alkyl halides is 3. The zero-order chi connectivity index (χ0) is 20.3. The maximum atomic E-state index is 12.9. The van der Waals surface area contributed by atoms with Crippen LogP contribution in [0.2, 0.25) is 0 Å². The summed E-state index contributed by atoms with van der Waals surface area (Å²) in [6.45, 7) is 9.58. The fraction of sp³-hybridized carbons (Fsp3) is 0.529. The molecule has 0 atom stereocenters. The lowest BCUT2D eigenvalue weighted by atomic mass is 10.2. The molecule has 0 aliphatic heterocycles. The number of amides is 2. The lowest BCUT2D eigenvalue weighted by Crippen LogP contribution is -2.50. The minimum absolute atomic E-state index is 0.222. The van der Waals surface area contributed by atoms with E-state index in [1.54, 1.807) is 41.5 Å². The number of nitrogens with zero attached hydrogens (tertiary/aromatic N) is 1. The highest BCUT2D eigenvalue weighted by Gasteiger charge is 2.33. The Kier molecular flexibility index (Phi) is 6.17. The van der Waals surface area contributed by atoms with Crippen LogP contribution in [-0.2, 0) is 15.7 Å². The molecule has 0 spiro atoms. The molecule has 6 nitrogen and oxygen atoms in total. The van der Waals surface area contributed by atoms with Gasteiger partial charge in [0.05, 0.1) is 11.3 Å². The summed E-state index contributed by atoms with van der Waals surface area (Å²) in [5.41, 5.74) is -0.866. The molecule has 1 rings (SSSR count). The predicted octanol–water partition coefficient (Wildman–Crippen LogP) is 4.89. The highest BCUT2D eigenvalue weighted by Crippen LogP contribution is 2.31. The molecular weight excluding hydrogens is 353 g/mol. The molecule has 0 aromatic heterocycles. The first-order valence-electron chi connectivity index (χ1n) is 7.78. The van der Waals surface area contributed by atoms with E-state index < -0.39 is 35.1 Å². The minimum atomic E-state index is -4.61. The third kappa shape index (κ3) is 7.20. The Labute approximate surface area is 150 Å². The van der Waals surface area contributed by atoms with Crippen LogP contribution in [0.3, 0.4) is 0 Å². The second-order valence-electron chi connectivity index (χ2n) is 7.48. The third-order valence-corrected chi connectivity index (χ3v) is 2.61. The van der Waals surface area contributed by atoms with Gasteiger partial charge in [0.15, 0.2) is 0 Å². The third-order valence-electron chi connectivity index (χ3n) is 2.61. The normalized spacial score (nSPS) is 12.3. The van der Waals surface area contributed by atoms with Gasteiger partial charge in [-0.15, -0.1) is 0 Å². The molecule has 1 aromatic rings. The number of anilines is 1. The Morgan fingerprint density at radius 2 is 1.50 bits per heavy atom. The van der Waals surface area contributed by atoms with Crippen molar-refractivity contribution >= 4 is 17.9 Å². The Bertz CT molecular complexity index is 661. The number of hydrogen-bond acceptors (Lipinski definition) is 4. The first kappa shape index (κ1) is 21.6. The zero-order valence-electron chi connectivity index (χ0n) is 15.5. The summed E-state index contributed by atoms with van der Waals surface area (Å²) in [4.78, 5) is 24.4. The summed E-state index contributed by atoms with van der Waals surface area (Å²) in [5, 5.41) is 0.578. The van der Waals surface area contributed by atoms with Crippen LogP contribution in [0.15, 0.2) is 24.3 Å². The number of nitrogens with one attached hydrogen (secondary N) is 1. The molecule has 0 saturated carbocycles. The van der Waals surface area contributed by atoms with Gasteiger partial charge in [0.25, 0.3) is 0 Å². The van der Waals surface area contributed by atoms with Crippen LogP contribution in [-0.4, -0.2) is 23.4 Å². The van der Waals surface area contributed by atoms with Gasteiger partial charge in [-0.05, 0) is 59.7 Å². The molecule has 0 bridgehead atoms. The predicted molar refractivity (Wildman–Crippen MR) is 89.5 cm³/mol. The van der Waals surface area contributed by atoms with Gasteiger partial charge < -0.3 is 9.47 Å². The molecule has 2 amide bonds. The van der Waals surface area contributed by atoms with Crippen LogP contribution in [0.25, 0.3) is 0 Å². The van der Waals surface area contributed by atoms with Crippen LogP contribution in [0.1, 0.15) is 47.1 Å². The number of hydrogen-bond donors (Lipinski definition) is 1. The lowest BCUT2D eigenvalue weighted by Gasteiger charge is -2.29. The van der Waals surface area contributed by atoms with Crippen molar-refractivity contribution in [2.24, 2.45) is 0 Å².